The van der Waals surface area contributed by atoms with Gasteiger partial charge in [-0.25, -0.2) is 4.98 Å². The summed E-state index contributed by atoms with van der Waals surface area (Å²) in [6.45, 7) is 11.0. The maximum absolute atomic E-state index is 4.80. The normalized spacial score (nSPS) is 18.2. The van der Waals surface area contributed by atoms with Gasteiger partial charge in [-0.05, 0) is 36.9 Å². The molecule has 1 fully saturated rings. The maximum Gasteiger partial charge on any atom is 0.128 e. The molecule has 2 rings (SSSR count). The molecule has 0 saturated carbocycles. The van der Waals surface area contributed by atoms with E-state index in [9.17, 15) is 0 Å². The summed E-state index contributed by atoms with van der Waals surface area (Å²) in [6.07, 6.45) is 5.23. The highest BCUT2D eigenvalue weighted by atomic mass is 15.2. The number of nitrogens with zero attached hydrogens (tertiary/aromatic N) is 2. The highest BCUT2D eigenvalue weighted by Gasteiger charge is 2.31. The molecular weight excluding hydrogens is 246 g/mol. The highest BCUT2D eigenvalue weighted by molar-refractivity contribution is 5.40. The van der Waals surface area contributed by atoms with Crippen LogP contribution >= 0.6 is 0 Å². The lowest BCUT2D eigenvalue weighted by Gasteiger charge is -2.41. The fourth-order valence-corrected chi connectivity index (χ4v) is 3.16. The minimum atomic E-state index is 0.581. The molecule has 1 aromatic rings. The molecule has 1 aromatic heterocycles. The molecule has 0 bridgehead atoms. The Bertz CT molecular complexity index is 402. The first kappa shape index (κ1) is 15.3. The fourth-order valence-electron chi connectivity index (χ4n) is 3.16. The van der Waals surface area contributed by atoms with Crippen LogP contribution in [0.3, 0.4) is 0 Å². The number of piperidine rings is 1. The average Bonchev–Trinajstić information content (AvgIpc) is 2.53. The minimum absolute atomic E-state index is 0.581. The third-order valence-corrected chi connectivity index (χ3v) is 5.00. The predicted octanol–water partition coefficient (Wildman–Crippen LogP) is 3.60. The number of nitrogens with one attached hydrogen (secondary N) is 1. The van der Waals surface area contributed by atoms with Gasteiger partial charge in [0.05, 0.1) is 5.69 Å². The number of aromatic nitrogens is 1. The van der Waals surface area contributed by atoms with Crippen LogP contribution in [0.15, 0.2) is 18.2 Å². The van der Waals surface area contributed by atoms with Crippen LogP contribution in [-0.4, -0.2) is 24.6 Å². The molecular formula is C17H29N3. The lowest BCUT2D eigenvalue weighted by molar-refractivity contribution is 0.199. The van der Waals surface area contributed by atoms with E-state index in [1.807, 2.05) is 0 Å². The Kier molecular flexibility index (Phi) is 5.41. The third-order valence-electron chi connectivity index (χ3n) is 5.00. The predicted molar refractivity (Wildman–Crippen MR) is 86.1 cm³/mol. The number of pyridine rings is 1. The smallest absolute Gasteiger partial charge is 0.128 e. The quantitative estimate of drug-likeness (QED) is 0.860. The van der Waals surface area contributed by atoms with Crippen LogP contribution in [0.5, 0.6) is 0 Å². The van der Waals surface area contributed by atoms with Crippen molar-refractivity contribution >= 4 is 5.82 Å². The van der Waals surface area contributed by atoms with Gasteiger partial charge in [-0.3, -0.25) is 0 Å². The van der Waals surface area contributed by atoms with Gasteiger partial charge >= 0.3 is 0 Å². The van der Waals surface area contributed by atoms with Gasteiger partial charge in [0.1, 0.15) is 5.82 Å². The van der Waals surface area contributed by atoms with E-state index in [0.717, 1.165) is 37.7 Å². The molecule has 3 heteroatoms. The van der Waals surface area contributed by atoms with Crippen molar-refractivity contribution in [1.82, 2.24) is 10.3 Å². The van der Waals surface area contributed by atoms with Crippen LogP contribution in [0, 0.1) is 5.41 Å². The highest BCUT2D eigenvalue weighted by Crippen LogP contribution is 2.38. The van der Waals surface area contributed by atoms with E-state index >= 15 is 0 Å². The fraction of sp³-hybridized carbons (Fsp3) is 0.706. The summed E-state index contributed by atoms with van der Waals surface area (Å²) in [7, 11) is 0. The van der Waals surface area contributed by atoms with Crippen molar-refractivity contribution in [3.63, 3.8) is 0 Å². The van der Waals surface area contributed by atoms with Crippen LogP contribution in [-0.2, 0) is 6.54 Å². The number of hydrogen-bond donors (Lipinski definition) is 1. The molecule has 1 aliphatic rings. The van der Waals surface area contributed by atoms with Crippen LogP contribution in [0.4, 0.5) is 5.82 Å². The summed E-state index contributed by atoms with van der Waals surface area (Å²) < 4.78 is 0. The van der Waals surface area contributed by atoms with E-state index in [0.29, 0.717) is 5.41 Å². The first-order valence-electron chi connectivity index (χ1n) is 8.14. The summed E-state index contributed by atoms with van der Waals surface area (Å²) in [5, 5.41) is 3.35. The molecule has 0 atom stereocenters. The Hall–Kier alpha value is -1.09. The Morgan fingerprint density at radius 1 is 1.15 bits per heavy atom. The van der Waals surface area contributed by atoms with Gasteiger partial charge in [0.15, 0.2) is 0 Å². The zero-order valence-electron chi connectivity index (χ0n) is 13.3. The molecule has 1 saturated heterocycles. The molecule has 20 heavy (non-hydrogen) atoms. The van der Waals surface area contributed by atoms with Gasteiger partial charge in [-0.2, -0.15) is 0 Å². The van der Waals surface area contributed by atoms with Crippen LogP contribution in [0.2, 0.25) is 0 Å². The van der Waals surface area contributed by atoms with Crippen LogP contribution in [0.25, 0.3) is 0 Å². The molecule has 0 aliphatic carbocycles. The standard InChI is InChI=1S/C17H29N3/c1-4-17(5-2)10-12-20(13-11-17)16-9-7-8-15(19-16)14-18-6-3/h7-9,18H,4-6,10-14H2,1-3H3. The Morgan fingerprint density at radius 2 is 1.85 bits per heavy atom. The summed E-state index contributed by atoms with van der Waals surface area (Å²) in [5.41, 5.74) is 1.73. The Morgan fingerprint density at radius 3 is 2.45 bits per heavy atom. The average molecular weight is 275 g/mol. The molecule has 1 N–H and O–H groups in total. The van der Waals surface area contributed by atoms with Crippen molar-refractivity contribution in [3.05, 3.63) is 23.9 Å². The lowest BCUT2D eigenvalue weighted by Crippen LogP contribution is -2.40. The van der Waals surface area contributed by atoms with Crippen molar-refractivity contribution in [2.75, 3.05) is 24.5 Å². The molecule has 0 unspecified atom stereocenters. The van der Waals surface area contributed by atoms with Crippen LogP contribution in [0.1, 0.15) is 52.1 Å². The van der Waals surface area contributed by atoms with E-state index in [2.05, 4.69) is 49.2 Å². The second-order valence-electron chi connectivity index (χ2n) is 5.96. The number of rotatable bonds is 6. The molecule has 0 radical (unpaired) electrons. The molecule has 0 aromatic carbocycles. The van der Waals surface area contributed by atoms with Crippen molar-refractivity contribution in [1.29, 1.82) is 0 Å². The van der Waals surface area contributed by atoms with E-state index in [-0.39, 0.29) is 0 Å². The second-order valence-corrected chi connectivity index (χ2v) is 5.96. The monoisotopic (exact) mass is 275 g/mol. The van der Waals surface area contributed by atoms with Gasteiger partial charge < -0.3 is 10.2 Å². The summed E-state index contributed by atoms with van der Waals surface area (Å²) in [5.74, 6) is 1.15. The van der Waals surface area contributed by atoms with Gasteiger partial charge in [-0.15, -0.1) is 0 Å². The summed E-state index contributed by atoms with van der Waals surface area (Å²) >= 11 is 0. The molecule has 0 spiro atoms. The lowest BCUT2D eigenvalue weighted by atomic mass is 9.74. The second kappa shape index (κ2) is 7.07. The van der Waals surface area contributed by atoms with Crippen LogP contribution < -0.4 is 10.2 Å². The number of hydrogen-bond acceptors (Lipinski definition) is 3. The molecule has 0 amide bonds. The van der Waals surface area contributed by atoms with E-state index in [1.54, 1.807) is 0 Å². The van der Waals surface area contributed by atoms with E-state index in [1.165, 1.54) is 25.7 Å². The van der Waals surface area contributed by atoms with Gasteiger partial charge in [0.25, 0.3) is 0 Å². The van der Waals surface area contributed by atoms with Gasteiger partial charge in [0.2, 0.25) is 0 Å². The Labute approximate surface area is 123 Å². The van der Waals surface area contributed by atoms with Crippen molar-refractivity contribution < 1.29 is 0 Å². The van der Waals surface area contributed by atoms with Crippen molar-refractivity contribution in [2.24, 2.45) is 5.41 Å². The molecule has 2 heterocycles. The Balaban J connectivity index is 1.99. The van der Waals surface area contributed by atoms with Gasteiger partial charge in [-0.1, -0.05) is 39.7 Å². The third kappa shape index (κ3) is 3.51. The first-order chi connectivity index (χ1) is 9.73. The maximum atomic E-state index is 4.80. The largest absolute Gasteiger partial charge is 0.357 e. The molecule has 112 valence electrons. The zero-order chi connectivity index (χ0) is 14.4. The SMILES string of the molecule is CCNCc1cccc(N2CCC(CC)(CC)CC2)n1. The first-order valence-corrected chi connectivity index (χ1v) is 8.14. The minimum Gasteiger partial charge on any atom is -0.357 e. The molecule has 3 nitrogen and oxygen atoms in total. The zero-order valence-corrected chi connectivity index (χ0v) is 13.3. The van der Waals surface area contributed by atoms with Gasteiger partial charge in [0, 0.05) is 19.6 Å². The topological polar surface area (TPSA) is 28.2 Å². The van der Waals surface area contributed by atoms with Crippen molar-refractivity contribution in [2.45, 2.75) is 53.0 Å². The van der Waals surface area contributed by atoms with Crippen molar-refractivity contribution in [3.8, 4) is 0 Å². The summed E-state index contributed by atoms with van der Waals surface area (Å²) in [4.78, 5) is 7.25. The van der Waals surface area contributed by atoms with E-state index in [4.69, 9.17) is 4.98 Å². The van der Waals surface area contributed by atoms with E-state index < -0.39 is 0 Å². The molecule has 1 aliphatic heterocycles. The number of anilines is 1. The summed E-state index contributed by atoms with van der Waals surface area (Å²) in [6, 6.07) is 6.40.